The molecule has 6 heteroatoms. The van der Waals surface area contributed by atoms with Gasteiger partial charge in [0.05, 0.1) is 0 Å². The van der Waals surface area contributed by atoms with Crippen LogP contribution in [-0.4, -0.2) is 28.0 Å². The molecule has 0 aliphatic heterocycles. The Morgan fingerprint density at radius 3 is 2.60 bits per heavy atom. The summed E-state index contributed by atoms with van der Waals surface area (Å²) in [6.07, 6.45) is 5.09. The number of primary amides is 1. The zero-order valence-corrected chi connectivity index (χ0v) is 11.2. The lowest BCUT2D eigenvalue weighted by atomic mass is 9.84. The monoisotopic (exact) mass is 277 g/mol. The van der Waals surface area contributed by atoms with Gasteiger partial charge in [0.25, 0.3) is 5.91 Å². The molecular weight excluding hydrogens is 258 g/mol. The second-order valence-electron chi connectivity index (χ2n) is 5.13. The molecule has 2 rings (SSSR count). The van der Waals surface area contributed by atoms with E-state index < -0.39 is 17.9 Å². The topological polar surface area (TPSA) is 105 Å². The van der Waals surface area contributed by atoms with Crippen LogP contribution in [0.25, 0.3) is 0 Å². The summed E-state index contributed by atoms with van der Waals surface area (Å²) in [7, 11) is 0. The summed E-state index contributed by atoms with van der Waals surface area (Å²) in [4.78, 5) is 26.6. The van der Waals surface area contributed by atoms with Crippen LogP contribution < -0.4 is 11.1 Å². The summed E-state index contributed by atoms with van der Waals surface area (Å²) in [5.74, 6) is -1.04. The molecule has 1 amide bonds. The first-order chi connectivity index (χ1) is 9.58. The fourth-order valence-corrected chi connectivity index (χ4v) is 2.66. The van der Waals surface area contributed by atoms with Gasteiger partial charge in [-0.15, -0.1) is 0 Å². The van der Waals surface area contributed by atoms with Crippen molar-refractivity contribution >= 4 is 17.7 Å². The number of amides is 1. The van der Waals surface area contributed by atoms with E-state index in [9.17, 15) is 14.7 Å². The Bertz CT molecular complexity index is 498. The average molecular weight is 277 g/mol. The normalized spacial score (nSPS) is 17.4. The van der Waals surface area contributed by atoms with Gasteiger partial charge >= 0.3 is 5.97 Å². The van der Waals surface area contributed by atoms with Gasteiger partial charge in [-0.05, 0) is 30.9 Å². The van der Waals surface area contributed by atoms with E-state index in [1.807, 2.05) is 0 Å². The number of carboxylic acids is 1. The fourth-order valence-electron chi connectivity index (χ4n) is 2.66. The lowest BCUT2D eigenvalue weighted by molar-refractivity contribution is -0.139. The quantitative estimate of drug-likeness (QED) is 0.758. The molecule has 0 radical (unpaired) electrons. The third-order valence-electron chi connectivity index (χ3n) is 3.69. The van der Waals surface area contributed by atoms with Crippen LogP contribution in [0.3, 0.4) is 0 Å². The van der Waals surface area contributed by atoms with E-state index in [-0.39, 0.29) is 11.6 Å². The van der Waals surface area contributed by atoms with Gasteiger partial charge in [0, 0.05) is 0 Å². The van der Waals surface area contributed by atoms with Crippen molar-refractivity contribution in [3.63, 3.8) is 0 Å². The van der Waals surface area contributed by atoms with E-state index in [1.165, 1.54) is 6.07 Å². The Morgan fingerprint density at radius 1 is 1.30 bits per heavy atom. The molecule has 0 bridgehead atoms. The molecule has 20 heavy (non-hydrogen) atoms. The van der Waals surface area contributed by atoms with Crippen molar-refractivity contribution in [3.05, 3.63) is 23.9 Å². The van der Waals surface area contributed by atoms with Gasteiger partial charge in [0.15, 0.2) is 0 Å². The van der Waals surface area contributed by atoms with E-state index in [1.54, 1.807) is 12.1 Å². The van der Waals surface area contributed by atoms with E-state index in [0.29, 0.717) is 5.82 Å². The molecule has 1 aliphatic carbocycles. The van der Waals surface area contributed by atoms with E-state index in [2.05, 4.69) is 10.3 Å². The third-order valence-corrected chi connectivity index (χ3v) is 3.69. The highest BCUT2D eigenvalue weighted by atomic mass is 16.4. The van der Waals surface area contributed by atoms with E-state index >= 15 is 0 Å². The molecule has 1 heterocycles. The van der Waals surface area contributed by atoms with Crippen LogP contribution in [0.2, 0.25) is 0 Å². The summed E-state index contributed by atoms with van der Waals surface area (Å²) >= 11 is 0. The Hall–Kier alpha value is -2.11. The Balaban J connectivity index is 2.13. The number of hydrogen-bond donors (Lipinski definition) is 3. The molecule has 1 atom stereocenters. The predicted molar refractivity (Wildman–Crippen MR) is 74.4 cm³/mol. The zero-order valence-electron chi connectivity index (χ0n) is 11.2. The SMILES string of the molecule is NC(=O)c1cccc(NC(C(=O)O)C2CCCCC2)n1. The zero-order chi connectivity index (χ0) is 14.5. The van der Waals surface area contributed by atoms with Crippen molar-refractivity contribution in [2.45, 2.75) is 38.1 Å². The van der Waals surface area contributed by atoms with Crippen molar-refractivity contribution in [2.75, 3.05) is 5.32 Å². The number of nitrogens with zero attached hydrogens (tertiary/aromatic N) is 1. The predicted octanol–water partition coefficient (Wildman–Crippen LogP) is 1.63. The number of hydrogen-bond acceptors (Lipinski definition) is 4. The molecule has 0 aromatic carbocycles. The lowest BCUT2D eigenvalue weighted by Crippen LogP contribution is -2.38. The minimum atomic E-state index is -0.886. The Morgan fingerprint density at radius 2 is 2.00 bits per heavy atom. The first-order valence-electron chi connectivity index (χ1n) is 6.84. The van der Waals surface area contributed by atoms with E-state index in [4.69, 9.17) is 5.73 Å². The molecule has 0 saturated heterocycles. The second kappa shape index (κ2) is 6.36. The molecule has 1 unspecified atom stereocenters. The summed E-state index contributed by atoms with van der Waals surface area (Å²) in [6, 6.07) is 4.11. The van der Waals surface area contributed by atoms with Crippen molar-refractivity contribution in [2.24, 2.45) is 11.7 Å². The second-order valence-corrected chi connectivity index (χ2v) is 5.13. The molecule has 108 valence electrons. The number of aromatic nitrogens is 1. The summed E-state index contributed by atoms with van der Waals surface area (Å²) in [6.45, 7) is 0. The van der Waals surface area contributed by atoms with Crippen molar-refractivity contribution in [3.8, 4) is 0 Å². The highest BCUT2D eigenvalue weighted by molar-refractivity contribution is 5.91. The van der Waals surface area contributed by atoms with Gasteiger partial charge in [-0.3, -0.25) is 4.79 Å². The van der Waals surface area contributed by atoms with Crippen LogP contribution in [0, 0.1) is 5.92 Å². The number of pyridine rings is 1. The maximum Gasteiger partial charge on any atom is 0.326 e. The fraction of sp³-hybridized carbons (Fsp3) is 0.500. The van der Waals surface area contributed by atoms with Crippen molar-refractivity contribution in [1.82, 2.24) is 4.98 Å². The van der Waals surface area contributed by atoms with Crippen LogP contribution >= 0.6 is 0 Å². The van der Waals surface area contributed by atoms with Crippen molar-refractivity contribution < 1.29 is 14.7 Å². The number of rotatable bonds is 5. The van der Waals surface area contributed by atoms with Gasteiger partial charge < -0.3 is 16.2 Å². The van der Waals surface area contributed by atoms with E-state index in [0.717, 1.165) is 32.1 Å². The van der Waals surface area contributed by atoms with Gasteiger partial charge in [0.2, 0.25) is 0 Å². The number of nitrogens with two attached hydrogens (primary N) is 1. The number of carbonyl (C=O) groups excluding carboxylic acids is 1. The van der Waals surface area contributed by atoms with Crippen molar-refractivity contribution in [1.29, 1.82) is 0 Å². The Labute approximate surface area is 117 Å². The molecule has 6 nitrogen and oxygen atoms in total. The first-order valence-corrected chi connectivity index (χ1v) is 6.84. The van der Waals surface area contributed by atoms with Crippen LogP contribution in [0.4, 0.5) is 5.82 Å². The highest BCUT2D eigenvalue weighted by Crippen LogP contribution is 2.28. The minimum Gasteiger partial charge on any atom is -0.480 e. The molecule has 0 spiro atoms. The number of nitrogens with one attached hydrogen (secondary N) is 1. The average Bonchev–Trinajstić information content (AvgIpc) is 2.45. The number of anilines is 1. The molecule has 1 aromatic rings. The molecule has 4 N–H and O–H groups in total. The molecular formula is C14H19N3O3. The number of aliphatic carboxylic acids is 1. The number of carbonyl (C=O) groups is 2. The minimum absolute atomic E-state index is 0.0975. The smallest absolute Gasteiger partial charge is 0.326 e. The van der Waals surface area contributed by atoms with Gasteiger partial charge in [-0.2, -0.15) is 0 Å². The van der Waals surface area contributed by atoms with Crippen LogP contribution in [0.15, 0.2) is 18.2 Å². The molecule has 1 fully saturated rings. The van der Waals surface area contributed by atoms with Crippen LogP contribution in [0.1, 0.15) is 42.6 Å². The standard InChI is InChI=1S/C14H19N3O3/c15-13(18)10-7-4-8-11(16-10)17-12(14(19)20)9-5-2-1-3-6-9/h4,7-9,12H,1-3,5-6H2,(H2,15,18)(H,16,17)(H,19,20). The molecule has 1 aliphatic rings. The lowest BCUT2D eigenvalue weighted by Gasteiger charge is -2.28. The summed E-state index contributed by atoms with van der Waals surface area (Å²) in [5.41, 5.74) is 5.30. The van der Waals surface area contributed by atoms with Gasteiger partial charge in [-0.1, -0.05) is 25.3 Å². The maximum absolute atomic E-state index is 11.4. The molecule has 1 aromatic heterocycles. The summed E-state index contributed by atoms with van der Waals surface area (Å²) in [5, 5.41) is 12.3. The van der Waals surface area contributed by atoms with Crippen LogP contribution in [0.5, 0.6) is 0 Å². The largest absolute Gasteiger partial charge is 0.480 e. The highest BCUT2D eigenvalue weighted by Gasteiger charge is 2.29. The van der Waals surface area contributed by atoms with Gasteiger partial charge in [-0.25, -0.2) is 9.78 Å². The first kappa shape index (κ1) is 14.3. The molecule has 1 saturated carbocycles. The summed E-state index contributed by atoms with van der Waals surface area (Å²) < 4.78 is 0. The van der Waals surface area contributed by atoms with Gasteiger partial charge in [0.1, 0.15) is 17.6 Å². The van der Waals surface area contributed by atoms with Crippen LogP contribution in [-0.2, 0) is 4.79 Å². The third kappa shape index (κ3) is 3.46. The number of carboxylic acid groups (broad SMARTS) is 1. The maximum atomic E-state index is 11.4. The Kier molecular flexibility index (Phi) is 4.55.